The Morgan fingerprint density at radius 1 is 1.38 bits per heavy atom. The summed E-state index contributed by atoms with van der Waals surface area (Å²) in [5.74, 6) is 0. The van der Waals surface area contributed by atoms with Gasteiger partial charge in [-0.05, 0) is 19.1 Å². The zero-order chi connectivity index (χ0) is 12.2. The average molecular weight is 354 g/mol. The molecule has 0 aliphatic carbocycles. The molecule has 0 aromatic heterocycles. The first-order valence-electron chi connectivity index (χ1n) is 4.54. The van der Waals surface area contributed by atoms with Crippen molar-refractivity contribution in [3.63, 3.8) is 0 Å². The van der Waals surface area contributed by atoms with Crippen molar-refractivity contribution in [1.82, 2.24) is 7.84 Å². The molecule has 0 aliphatic rings. The number of benzene rings is 1. The molecule has 0 spiro atoms. The van der Waals surface area contributed by atoms with Crippen molar-refractivity contribution in [1.29, 1.82) is 0 Å². The normalized spacial score (nSPS) is 10.9. The third-order valence-electron chi connectivity index (χ3n) is 1.74. The summed E-state index contributed by atoms with van der Waals surface area (Å²) >= 11 is 1.47. The molecule has 0 bridgehead atoms. The van der Waals surface area contributed by atoms with Gasteiger partial charge in [0.25, 0.3) is 10.0 Å². The molecule has 16 heavy (non-hydrogen) atoms. The van der Waals surface area contributed by atoms with Crippen LogP contribution in [-0.4, -0.2) is 23.5 Å². The maximum Gasteiger partial charge on any atom is 0.340 e. The summed E-state index contributed by atoms with van der Waals surface area (Å²) in [6, 6.07) is 7.17. The van der Waals surface area contributed by atoms with Crippen LogP contribution >= 0.6 is 22.9 Å². The Kier molecular flexibility index (Phi) is 4.54. The number of rotatable bonds is 3. The largest absolute Gasteiger partial charge is 0.340 e. The summed E-state index contributed by atoms with van der Waals surface area (Å²) in [4.78, 5) is 11.5. The van der Waals surface area contributed by atoms with E-state index >= 15 is 0 Å². The second-order valence-corrected chi connectivity index (χ2v) is 6.27. The first-order valence-corrected chi connectivity index (χ1v) is 6.94. The lowest BCUT2D eigenvalue weighted by molar-refractivity contribution is 0.239. The number of carbonyl (C=O) groups is 1. The maximum absolute atomic E-state index is 11.9. The van der Waals surface area contributed by atoms with Gasteiger partial charge in [0.2, 0.25) is 0 Å². The second-order valence-electron chi connectivity index (χ2n) is 2.87. The Labute approximate surface area is 108 Å². The number of hydrogen-bond donors (Lipinski definition) is 1. The number of nitrogens with zero attached hydrogens (tertiary/aromatic N) is 1. The van der Waals surface area contributed by atoms with Crippen molar-refractivity contribution in [3.05, 3.63) is 30.3 Å². The van der Waals surface area contributed by atoms with E-state index in [1.54, 1.807) is 25.1 Å². The van der Waals surface area contributed by atoms with Crippen molar-refractivity contribution in [2.24, 2.45) is 0 Å². The number of halogens is 1. The van der Waals surface area contributed by atoms with E-state index in [-0.39, 0.29) is 4.90 Å². The number of carbonyl (C=O) groups excluding carboxylic acids is 1. The van der Waals surface area contributed by atoms with E-state index in [1.807, 2.05) is 0 Å². The molecular formula is C9H11IN2O3S. The van der Waals surface area contributed by atoms with E-state index < -0.39 is 16.1 Å². The van der Waals surface area contributed by atoms with Crippen molar-refractivity contribution < 1.29 is 13.2 Å². The quantitative estimate of drug-likeness (QED) is 0.665. The summed E-state index contributed by atoms with van der Waals surface area (Å²) in [5, 5.41) is 2.42. The Bertz CT molecular complexity index is 461. The number of sulfonamides is 1. The molecule has 0 radical (unpaired) electrons. The fourth-order valence-electron chi connectivity index (χ4n) is 1.01. The van der Waals surface area contributed by atoms with Crippen molar-refractivity contribution in [2.45, 2.75) is 11.8 Å². The average Bonchev–Trinajstić information content (AvgIpc) is 2.29. The van der Waals surface area contributed by atoms with Gasteiger partial charge in [0.05, 0.1) is 27.8 Å². The molecule has 7 heteroatoms. The molecule has 0 saturated heterocycles. The minimum atomic E-state index is -3.75. The van der Waals surface area contributed by atoms with Crippen LogP contribution in [0.5, 0.6) is 0 Å². The number of urea groups is 1. The van der Waals surface area contributed by atoms with E-state index in [0.29, 0.717) is 9.06 Å². The minimum absolute atomic E-state index is 0.0932. The van der Waals surface area contributed by atoms with Crippen molar-refractivity contribution in [2.75, 3.05) is 6.54 Å². The highest BCUT2D eigenvalue weighted by Gasteiger charge is 2.26. The van der Waals surface area contributed by atoms with Crippen LogP contribution in [0.15, 0.2) is 35.2 Å². The van der Waals surface area contributed by atoms with Gasteiger partial charge < -0.3 is 5.32 Å². The molecule has 0 aliphatic heterocycles. The van der Waals surface area contributed by atoms with E-state index in [2.05, 4.69) is 5.32 Å². The first-order chi connectivity index (χ1) is 7.50. The van der Waals surface area contributed by atoms with Crippen LogP contribution in [0.3, 0.4) is 0 Å². The third kappa shape index (κ3) is 2.85. The maximum atomic E-state index is 11.9. The van der Waals surface area contributed by atoms with E-state index in [1.165, 1.54) is 35.0 Å². The zero-order valence-electron chi connectivity index (χ0n) is 8.55. The molecule has 0 unspecified atom stereocenters. The van der Waals surface area contributed by atoms with Gasteiger partial charge in [-0.3, -0.25) is 0 Å². The second kappa shape index (κ2) is 5.48. The van der Waals surface area contributed by atoms with E-state index in [0.717, 1.165) is 0 Å². The third-order valence-corrected chi connectivity index (χ3v) is 5.19. The topological polar surface area (TPSA) is 66.5 Å². The highest BCUT2D eigenvalue weighted by molar-refractivity contribution is 14.1. The summed E-state index contributed by atoms with van der Waals surface area (Å²) in [7, 11) is -3.75. The molecule has 5 nitrogen and oxygen atoms in total. The monoisotopic (exact) mass is 354 g/mol. The number of hydrogen-bond acceptors (Lipinski definition) is 3. The Morgan fingerprint density at radius 3 is 2.44 bits per heavy atom. The van der Waals surface area contributed by atoms with Gasteiger partial charge in [0.15, 0.2) is 0 Å². The smallest absolute Gasteiger partial charge is 0.337 e. The highest BCUT2D eigenvalue weighted by Crippen LogP contribution is 2.18. The van der Waals surface area contributed by atoms with Crippen LogP contribution in [0.1, 0.15) is 6.92 Å². The van der Waals surface area contributed by atoms with Crippen LogP contribution in [-0.2, 0) is 10.0 Å². The molecule has 1 aromatic carbocycles. The summed E-state index contributed by atoms with van der Waals surface area (Å²) in [5.41, 5.74) is 0. The lowest BCUT2D eigenvalue weighted by Crippen LogP contribution is -2.37. The van der Waals surface area contributed by atoms with Crippen LogP contribution in [0.4, 0.5) is 4.79 Å². The van der Waals surface area contributed by atoms with Crippen molar-refractivity contribution >= 4 is 38.9 Å². The summed E-state index contributed by atoms with van der Waals surface area (Å²) in [6.45, 7) is 2.10. The molecule has 0 atom stereocenters. The standard InChI is InChI=1S/C9H11IN2O3S/c1-2-11-9(13)12(10)16(14,15)8-6-4-3-5-7-8/h3-7H,2H2,1H3,(H,11,13). The van der Waals surface area contributed by atoms with Crippen LogP contribution < -0.4 is 5.32 Å². The summed E-state index contributed by atoms with van der Waals surface area (Å²) in [6.07, 6.45) is 0. The molecule has 88 valence electrons. The van der Waals surface area contributed by atoms with Gasteiger partial charge in [-0.15, -0.1) is 0 Å². The lowest BCUT2D eigenvalue weighted by atomic mass is 10.4. The molecule has 0 fully saturated rings. The zero-order valence-corrected chi connectivity index (χ0v) is 11.5. The Balaban J connectivity index is 2.99. The van der Waals surface area contributed by atoms with Gasteiger partial charge in [-0.25, -0.2) is 13.2 Å². The Hall–Kier alpha value is -0.830. The van der Waals surface area contributed by atoms with Gasteiger partial charge in [0, 0.05) is 6.54 Å². The minimum Gasteiger partial charge on any atom is -0.337 e. The van der Waals surface area contributed by atoms with E-state index in [4.69, 9.17) is 0 Å². The SMILES string of the molecule is CCNC(=O)N(I)S(=O)(=O)c1ccccc1. The molecule has 0 heterocycles. The molecule has 0 saturated carbocycles. The predicted molar refractivity (Wildman–Crippen MR) is 68.6 cm³/mol. The number of nitrogens with one attached hydrogen (secondary N) is 1. The lowest BCUT2D eigenvalue weighted by Gasteiger charge is -2.15. The first kappa shape index (κ1) is 13.2. The van der Waals surface area contributed by atoms with Gasteiger partial charge in [-0.2, -0.15) is 2.52 Å². The fraction of sp³-hybridized carbons (Fsp3) is 0.222. The van der Waals surface area contributed by atoms with Crippen LogP contribution in [0, 0.1) is 0 Å². The predicted octanol–water partition coefficient (Wildman–Crippen LogP) is 1.76. The van der Waals surface area contributed by atoms with Crippen molar-refractivity contribution in [3.8, 4) is 0 Å². The summed E-state index contributed by atoms with van der Waals surface area (Å²) < 4.78 is 24.5. The molecule has 1 N–H and O–H groups in total. The highest BCUT2D eigenvalue weighted by atomic mass is 127. The van der Waals surface area contributed by atoms with E-state index in [9.17, 15) is 13.2 Å². The number of amides is 2. The molecular weight excluding hydrogens is 343 g/mol. The molecule has 1 aromatic rings. The molecule has 2 amide bonds. The molecule has 1 rings (SSSR count). The van der Waals surface area contributed by atoms with Gasteiger partial charge in [0.1, 0.15) is 0 Å². The van der Waals surface area contributed by atoms with Crippen LogP contribution in [0.25, 0.3) is 0 Å². The van der Waals surface area contributed by atoms with Gasteiger partial charge in [-0.1, -0.05) is 18.2 Å². The fourth-order valence-corrected chi connectivity index (χ4v) is 2.83. The van der Waals surface area contributed by atoms with Crippen LogP contribution in [0.2, 0.25) is 0 Å². The Morgan fingerprint density at radius 2 is 1.94 bits per heavy atom. The van der Waals surface area contributed by atoms with Gasteiger partial charge >= 0.3 is 6.03 Å².